The van der Waals surface area contributed by atoms with Gasteiger partial charge in [-0.2, -0.15) is 0 Å². The lowest BCUT2D eigenvalue weighted by Crippen LogP contribution is -2.37. The van der Waals surface area contributed by atoms with E-state index in [0.29, 0.717) is 68.0 Å². The van der Waals surface area contributed by atoms with Gasteiger partial charge in [0.15, 0.2) is 23.3 Å². The molecule has 0 saturated carbocycles. The second kappa shape index (κ2) is 25.6. The maximum Gasteiger partial charge on any atom is 0.446 e. The predicted molar refractivity (Wildman–Crippen MR) is 259 cm³/mol. The molecule has 27 heteroatoms. The largest absolute Gasteiger partial charge is 0.446 e. The lowest BCUT2D eigenvalue weighted by Gasteiger charge is -2.05. The number of nitrogens with two attached hydrogens (primary N) is 3. The highest BCUT2D eigenvalue weighted by Gasteiger charge is 2.24. The van der Waals surface area contributed by atoms with Crippen molar-refractivity contribution in [1.82, 2.24) is 45.4 Å². The molecule has 0 unspecified atom stereocenters. The van der Waals surface area contributed by atoms with Crippen molar-refractivity contribution >= 4 is 66.5 Å². The molecule has 0 fully saturated rings. The number of aryl methyl sites for hydroxylation is 2. The summed E-state index contributed by atoms with van der Waals surface area (Å²) in [6, 6.07) is 26.7. The van der Waals surface area contributed by atoms with Crippen molar-refractivity contribution in [3.8, 4) is 34.4 Å². The van der Waals surface area contributed by atoms with E-state index in [1.165, 1.54) is 36.4 Å². The topological polar surface area (TPSA) is 323 Å². The summed E-state index contributed by atoms with van der Waals surface area (Å²) in [7, 11) is 0. The Morgan fingerprint density at radius 2 is 1.08 bits per heavy atom. The van der Waals surface area contributed by atoms with Crippen molar-refractivity contribution in [2.75, 3.05) is 13.1 Å². The minimum Gasteiger partial charge on any atom is -0.370 e. The quantitative estimate of drug-likeness (QED) is 0.0409. The number of halogens is 5. The molecule has 71 heavy (non-hydrogen) atoms. The van der Waals surface area contributed by atoms with Crippen LogP contribution in [0.4, 0.5) is 8.78 Å². The molecule has 0 aliphatic carbocycles. The van der Waals surface area contributed by atoms with Gasteiger partial charge in [0, 0.05) is 19.5 Å². The molecule has 4 aromatic carbocycles. The molecule has 0 atom stereocenters. The Bertz CT molecular complexity index is 3250. The smallest absolute Gasteiger partial charge is 0.370 e. The summed E-state index contributed by atoms with van der Waals surface area (Å²) < 4.78 is 48.9. The van der Waals surface area contributed by atoms with E-state index in [1.807, 2.05) is 60.7 Å². The van der Waals surface area contributed by atoms with Gasteiger partial charge in [-0.1, -0.05) is 81.3 Å². The fraction of sp³-hybridized carbons (Fsp3) is 0.182. The Hall–Kier alpha value is -7.97. The van der Waals surface area contributed by atoms with E-state index in [4.69, 9.17) is 47.1 Å². The molecule has 7 N–H and O–H groups in total. The molecule has 1 amide bonds. The van der Waals surface area contributed by atoms with E-state index in [1.54, 1.807) is 0 Å². The normalized spacial score (nSPS) is 11.0. The third-order valence-electron chi connectivity index (χ3n) is 9.45. The summed E-state index contributed by atoms with van der Waals surface area (Å²) in [4.78, 5) is 54.8. The summed E-state index contributed by atoms with van der Waals surface area (Å²) in [6.07, 6.45) is 2.37. The van der Waals surface area contributed by atoms with Gasteiger partial charge in [0.25, 0.3) is 0 Å². The third-order valence-corrected chi connectivity index (χ3v) is 10.8. The highest BCUT2D eigenvalue weighted by atomic mass is 79.9. The molecule has 0 saturated heterocycles. The van der Waals surface area contributed by atoms with Gasteiger partial charge >= 0.3 is 11.5 Å². The number of hydrogen-bond donors (Lipinski definition) is 4. The molecular formula is C44H39Br2ClF2N14O8. The number of amides is 1. The van der Waals surface area contributed by atoms with Crippen molar-refractivity contribution in [2.45, 2.75) is 38.5 Å². The SMILES string of the molecule is NC(=NCCCc1nonc1-c1noc(=O)n1-c1ccc(F)c(Br)c1)NC(=O)Cc1ccccc1.NC(N)=NCCCc1nonc1-c1noc(=O)n1-c1ccc(F)c(Br)c1.O=C(Cl)Cc1ccccc1. The van der Waals surface area contributed by atoms with Gasteiger partial charge in [-0.3, -0.25) is 33.9 Å². The van der Waals surface area contributed by atoms with Crippen molar-refractivity contribution < 1.29 is 36.7 Å². The zero-order chi connectivity index (χ0) is 50.9. The number of aromatic nitrogens is 8. The lowest BCUT2D eigenvalue weighted by atomic mass is 10.1. The molecule has 0 spiro atoms. The number of carbonyl (C=O) groups excluding carboxylic acids is 2. The summed E-state index contributed by atoms with van der Waals surface area (Å²) in [6.45, 7) is 0.686. The van der Waals surface area contributed by atoms with Crippen molar-refractivity contribution in [2.24, 2.45) is 27.2 Å². The number of guanidine groups is 2. The average Bonchev–Trinajstić information content (AvgIpc) is 4.17. The van der Waals surface area contributed by atoms with Crippen molar-refractivity contribution in [3.63, 3.8) is 0 Å². The van der Waals surface area contributed by atoms with Crippen LogP contribution in [-0.4, -0.2) is 76.2 Å². The van der Waals surface area contributed by atoms with Crippen LogP contribution in [-0.2, 0) is 35.3 Å². The number of hydrogen-bond acceptors (Lipinski definition) is 16. The van der Waals surface area contributed by atoms with Gasteiger partial charge in [0.2, 0.25) is 22.8 Å². The van der Waals surface area contributed by atoms with Crippen LogP contribution in [0.25, 0.3) is 34.4 Å². The fourth-order valence-corrected chi connectivity index (χ4v) is 7.14. The maximum absolute atomic E-state index is 13.6. The fourth-order valence-electron chi connectivity index (χ4n) is 6.25. The molecular weight excluding hydrogens is 1090 g/mol. The molecule has 368 valence electrons. The average molecular weight is 1130 g/mol. The first kappa shape index (κ1) is 52.4. The minimum atomic E-state index is -0.781. The van der Waals surface area contributed by atoms with E-state index in [0.717, 1.165) is 20.3 Å². The van der Waals surface area contributed by atoms with Gasteiger partial charge in [-0.15, -0.1) is 0 Å². The monoisotopic (exact) mass is 1120 g/mol. The first-order valence-electron chi connectivity index (χ1n) is 20.8. The van der Waals surface area contributed by atoms with Crippen LogP contribution in [0.1, 0.15) is 35.4 Å². The predicted octanol–water partition coefficient (Wildman–Crippen LogP) is 5.36. The summed E-state index contributed by atoms with van der Waals surface area (Å²) in [5, 5.41) is 25.1. The Morgan fingerprint density at radius 3 is 1.52 bits per heavy atom. The summed E-state index contributed by atoms with van der Waals surface area (Å²) in [5.74, 6) is -2.61. The first-order chi connectivity index (χ1) is 34.2. The molecule has 8 aromatic rings. The second-order valence-electron chi connectivity index (χ2n) is 14.5. The molecule has 4 aromatic heterocycles. The second-order valence-corrected chi connectivity index (χ2v) is 16.7. The number of carbonyl (C=O) groups is 2. The van der Waals surface area contributed by atoms with E-state index in [2.05, 4.69) is 78.1 Å². The number of rotatable bonds is 16. The highest BCUT2D eigenvalue weighted by molar-refractivity contribution is 9.10. The number of aliphatic imine (C=N–C) groups is 2. The van der Waals surface area contributed by atoms with E-state index < -0.39 is 23.1 Å². The van der Waals surface area contributed by atoms with Crippen LogP contribution in [0.2, 0.25) is 0 Å². The van der Waals surface area contributed by atoms with Crippen LogP contribution >= 0.6 is 43.5 Å². The Kier molecular flexibility index (Phi) is 18.9. The summed E-state index contributed by atoms with van der Waals surface area (Å²) >= 11 is 11.3. The maximum atomic E-state index is 13.6. The Morgan fingerprint density at radius 1 is 0.634 bits per heavy atom. The van der Waals surface area contributed by atoms with Crippen molar-refractivity contribution in [3.05, 3.63) is 161 Å². The van der Waals surface area contributed by atoms with Crippen LogP contribution < -0.4 is 34.0 Å². The van der Waals surface area contributed by atoms with Gasteiger partial charge in [0.1, 0.15) is 23.0 Å². The van der Waals surface area contributed by atoms with Crippen LogP contribution in [0.3, 0.4) is 0 Å². The number of nitrogens with zero attached hydrogens (tertiary/aromatic N) is 10. The van der Waals surface area contributed by atoms with Gasteiger partial charge in [-0.25, -0.2) is 36.8 Å². The molecule has 4 heterocycles. The Labute approximate surface area is 421 Å². The standard InChI is InChI=1S/C22H19BrFN7O4.C14H13BrFN7O3.C8H7ClO/c23-15-12-14(8-9-16(15)24)31-20(30-34-22(31)33)19-17(28-35-29-19)7-4-10-26-21(25)27-18(32)11-13-5-2-1-3-6-13;15-8-6-7(3-4-9(8)16)23-12(22-25-14(23)24)11-10(20-26-21-11)2-1-5-19-13(17)18;9-8(10)6-7-4-2-1-3-5-7/h1-3,5-6,8-9,12H,4,7,10-11H2,(H3,25,26,27,32);3-4,6H,1-2,5H2,(H4,17,18,19);1-5H,6H2. The van der Waals surface area contributed by atoms with Crippen LogP contribution in [0.15, 0.2) is 144 Å². The molecule has 0 aliphatic rings. The molecule has 8 rings (SSSR count). The molecule has 0 aliphatic heterocycles. The van der Waals surface area contributed by atoms with Crippen molar-refractivity contribution in [1.29, 1.82) is 0 Å². The summed E-state index contributed by atoms with van der Waals surface area (Å²) in [5.41, 5.74) is 20.1. The lowest BCUT2D eigenvalue weighted by molar-refractivity contribution is -0.119. The number of benzene rings is 4. The van der Waals surface area contributed by atoms with E-state index in [-0.39, 0.29) is 61.5 Å². The third kappa shape index (κ3) is 15.0. The van der Waals surface area contributed by atoms with Gasteiger partial charge in [-0.05, 0) is 127 Å². The van der Waals surface area contributed by atoms with Gasteiger partial charge < -0.3 is 17.2 Å². The van der Waals surface area contributed by atoms with Crippen LogP contribution in [0, 0.1) is 11.6 Å². The minimum absolute atomic E-state index is 0.00396. The molecule has 0 bridgehead atoms. The molecule has 22 nitrogen and oxygen atoms in total. The molecule has 0 radical (unpaired) electrons. The first-order valence-corrected chi connectivity index (χ1v) is 22.8. The number of nitrogens with one attached hydrogen (secondary N) is 1. The zero-order valence-electron chi connectivity index (χ0n) is 36.8. The Balaban J connectivity index is 0.000000200. The van der Waals surface area contributed by atoms with E-state index in [9.17, 15) is 28.0 Å². The highest BCUT2D eigenvalue weighted by Crippen LogP contribution is 2.26. The van der Waals surface area contributed by atoms with E-state index >= 15 is 0 Å². The zero-order valence-corrected chi connectivity index (χ0v) is 40.7. The van der Waals surface area contributed by atoms with Crippen LogP contribution in [0.5, 0.6) is 0 Å². The van der Waals surface area contributed by atoms with Gasteiger partial charge in [0.05, 0.1) is 26.7 Å².